The summed E-state index contributed by atoms with van der Waals surface area (Å²) in [5.74, 6) is 0.0207. The highest BCUT2D eigenvalue weighted by molar-refractivity contribution is 9.10. The summed E-state index contributed by atoms with van der Waals surface area (Å²) in [5.41, 5.74) is 3.82. The summed E-state index contributed by atoms with van der Waals surface area (Å²) in [7, 11) is 0. The molecule has 8 heteroatoms. The van der Waals surface area contributed by atoms with Gasteiger partial charge in [0.05, 0.1) is 29.0 Å². The Balaban J connectivity index is 1.45. The van der Waals surface area contributed by atoms with Crippen LogP contribution < -0.4 is 10.3 Å². The molecule has 4 heterocycles. The average molecular weight is 561 g/mol. The SMILES string of the molecule is CCc1c2c(nc3ccc(OCc4ccccc4Br)cc13)-c1cc3c(c(=O)n1C2)COC(=O)C3(O)CC. The number of aromatic nitrogens is 2. The molecule has 0 spiro atoms. The number of nitrogens with zero attached hydrogens (tertiary/aromatic N) is 2. The molecule has 2 aliphatic rings. The molecule has 1 atom stereocenters. The van der Waals surface area contributed by atoms with Gasteiger partial charge in [0.2, 0.25) is 0 Å². The Labute approximate surface area is 221 Å². The van der Waals surface area contributed by atoms with E-state index < -0.39 is 11.6 Å². The van der Waals surface area contributed by atoms with Gasteiger partial charge in [0.25, 0.3) is 5.56 Å². The molecule has 188 valence electrons. The van der Waals surface area contributed by atoms with Gasteiger partial charge in [0, 0.05) is 26.5 Å². The number of fused-ring (bicyclic) bond motifs is 5. The van der Waals surface area contributed by atoms with Gasteiger partial charge in [-0.1, -0.05) is 48.0 Å². The highest BCUT2D eigenvalue weighted by Crippen LogP contribution is 2.40. The number of carbonyl (C=O) groups excluding carboxylic acids is 1. The molecular formula is C29H25BrN2O5. The number of carbonyl (C=O) groups is 1. The minimum absolute atomic E-state index is 0.113. The van der Waals surface area contributed by atoms with Crippen LogP contribution in [0.1, 0.15) is 48.1 Å². The lowest BCUT2D eigenvalue weighted by Crippen LogP contribution is -2.44. The van der Waals surface area contributed by atoms with E-state index in [0.717, 1.165) is 44.2 Å². The molecule has 1 N–H and O–H groups in total. The Hall–Kier alpha value is -3.49. The van der Waals surface area contributed by atoms with Crippen molar-refractivity contribution in [1.82, 2.24) is 9.55 Å². The minimum atomic E-state index is -1.84. The first kappa shape index (κ1) is 23.9. The van der Waals surface area contributed by atoms with Crippen LogP contribution in [0.3, 0.4) is 0 Å². The molecule has 0 bridgehead atoms. The molecule has 2 aliphatic heterocycles. The van der Waals surface area contributed by atoms with E-state index in [-0.39, 0.29) is 18.6 Å². The van der Waals surface area contributed by atoms with Gasteiger partial charge in [0.1, 0.15) is 19.0 Å². The number of ether oxygens (including phenoxy) is 2. The van der Waals surface area contributed by atoms with E-state index >= 15 is 0 Å². The molecule has 0 saturated carbocycles. The smallest absolute Gasteiger partial charge is 0.343 e. The molecule has 6 rings (SSSR count). The van der Waals surface area contributed by atoms with Gasteiger partial charge in [-0.05, 0) is 48.7 Å². The number of aliphatic hydroxyl groups is 1. The molecule has 1 unspecified atom stereocenters. The maximum Gasteiger partial charge on any atom is 0.343 e. The standard InChI is InChI=1S/C29H25BrN2O5/c1-3-18-19-11-17(36-14-16-7-5-6-8-23(16)30)9-10-24(19)31-26-20(18)13-32-25(26)12-22-21(27(32)33)15-37-28(34)29(22,35)4-2/h5-12,35H,3-4,13-15H2,1-2H3. The monoisotopic (exact) mass is 560 g/mol. The van der Waals surface area contributed by atoms with E-state index in [2.05, 4.69) is 22.9 Å². The van der Waals surface area contributed by atoms with Crippen molar-refractivity contribution < 1.29 is 19.4 Å². The lowest BCUT2D eigenvalue weighted by molar-refractivity contribution is -0.172. The van der Waals surface area contributed by atoms with Crippen molar-refractivity contribution in [1.29, 1.82) is 0 Å². The molecule has 0 radical (unpaired) electrons. The highest BCUT2D eigenvalue weighted by Gasteiger charge is 2.45. The van der Waals surface area contributed by atoms with Gasteiger partial charge in [-0.15, -0.1) is 0 Å². The first-order valence-electron chi connectivity index (χ1n) is 12.3. The van der Waals surface area contributed by atoms with Gasteiger partial charge in [-0.3, -0.25) is 4.79 Å². The predicted octanol–water partition coefficient (Wildman–Crippen LogP) is 4.98. The minimum Gasteiger partial charge on any atom is -0.489 e. The summed E-state index contributed by atoms with van der Waals surface area (Å²) in [6.45, 7) is 4.46. The summed E-state index contributed by atoms with van der Waals surface area (Å²) < 4.78 is 14.0. The van der Waals surface area contributed by atoms with E-state index in [1.54, 1.807) is 17.6 Å². The number of benzene rings is 2. The first-order valence-corrected chi connectivity index (χ1v) is 13.1. The molecule has 0 aliphatic carbocycles. The lowest BCUT2D eigenvalue weighted by Gasteiger charge is -2.31. The van der Waals surface area contributed by atoms with Crippen LogP contribution in [0, 0.1) is 0 Å². The zero-order chi connectivity index (χ0) is 25.9. The Kier molecular flexibility index (Phi) is 5.69. The summed E-state index contributed by atoms with van der Waals surface area (Å²) in [5, 5.41) is 12.1. The third-order valence-corrected chi connectivity index (χ3v) is 8.26. The Bertz CT molecular complexity index is 1660. The van der Waals surface area contributed by atoms with E-state index in [9.17, 15) is 14.7 Å². The van der Waals surface area contributed by atoms with Crippen LogP contribution in [0.25, 0.3) is 22.3 Å². The summed E-state index contributed by atoms with van der Waals surface area (Å²) in [4.78, 5) is 30.9. The predicted molar refractivity (Wildman–Crippen MR) is 142 cm³/mol. The second-order valence-electron chi connectivity index (χ2n) is 9.43. The third kappa shape index (κ3) is 3.61. The third-order valence-electron chi connectivity index (χ3n) is 7.48. The number of pyridine rings is 2. The van der Waals surface area contributed by atoms with Crippen LogP contribution in [0.15, 0.2) is 57.8 Å². The number of hydrogen-bond acceptors (Lipinski definition) is 6. The van der Waals surface area contributed by atoms with Gasteiger partial charge in [-0.2, -0.15) is 0 Å². The molecule has 0 saturated heterocycles. The number of rotatable bonds is 5. The van der Waals surface area contributed by atoms with Gasteiger partial charge in [-0.25, -0.2) is 9.78 Å². The molecule has 2 aromatic heterocycles. The van der Waals surface area contributed by atoms with Crippen LogP contribution in [0.2, 0.25) is 0 Å². The van der Waals surface area contributed by atoms with E-state index in [1.807, 2.05) is 42.5 Å². The Morgan fingerprint density at radius 2 is 1.95 bits per heavy atom. The summed E-state index contributed by atoms with van der Waals surface area (Å²) in [6, 6.07) is 15.6. The van der Waals surface area contributed by atoms with Crippen LogP contribution in [0.4, 0.5) is 0 Å². The number of halogens is 1. The normalized spacial score (nSPS) is 17.8. The van der Waals surface area contributed by atoms with Gasteiger partial charge < -0.3 is 19.1 Å². The Morgan fingerprint density at radius 1 is 1.14 bits per heavy atom. The molecule has 37 heavy (non-hydrogen) atoms. The maximum absolute atomic E-state index is 13.5. The summed E-state index contributed by atoms with van der Waals surface area (Å²) in [6.07, 6.45) is 0.861. The van der Waals surface area contributed by atoms with Crippen molar-refractivity contribution in [2.24, 2.45) is 0 Å². The lowest BCUT2D eigenvalue weighted by atomic mass is 9.86. The summed E-state index contributed by atoms with van der Waals surface area (Å²) >= 11 is 3.57. The zero-order valence-electron chi connectivity index (χ0n) is 20.5. The van der Waals surface area contributed by atoms with E-state index in [4.69, 9.17) is 14.5 Å². The highest BCUT2D eigenvalue weighted by atomic mass is 79.9. The van der Waals surface area contributed by atoms with Crippen molar-refractivity contribution in [3.8, 4) is 17.1 Å². The molecule has 0 fully saturated rings. The molecule has 2 aromatic carbocycles. The number of aryl methyl sites for hydroxylation is 1. The van der Waals surface area contributed by atoms with Crippen molar-refractivity contribution in [3.05, 3.63) is 91.2 Å². The molecule has 4 aromatic rings. The van der Waals surface area contributed by atoms with Crippen molar-refractivity contribution >= 4 is 32.8 Å². The second kappa shape index (κ2) is 8.82. The van der Waals surface area contributed by atoms with Gasteiger partial charge >= 0.3 is 5.97 Å². The van der Waals surface area contributed by atoms with Crippen LogP contribution in [-0.4, -0.2) is 20.6 Å². The number of hydrogen-bond donors (Lipinski definition) is 1. The fraction of sp³-hybridized carbons (Fsp3) is 0.276. The van der Waals surface area contributed by atoms with Crippen LogP contribution in [-0.2, 0) is 41.3 Å². The largest absolute Gasteiger partial charge is 0.489 e. The van der Waals surface area contributed by atoms with E-state index in [1.165, 1.54) is 0 Å². The van der Waals surface area contributed by atoms with Gasteiger partial charge in [0.15, 0.2) is 5.60 Å². The quantitative estimate of drug-likeness (QED) is 0.305. The Morgan fingerprint density at radius 3 is 2.70 bits per heavy atom. The van der Waals surface area contributed by atoms with E-state index in [0.29, 0.717) is 35.7 Å². The molecule has 7 nitrogen and oxygen atoms in total. The first-order chi connectivity index (χ1) is 17.9. The van der Waals surface area contributed by atoms with Crippen molar-refractivity contribution in [2.75, 3.05) is 0 Å². The maximum atomic E-state index is 13.5. The number of cyclic esters (lactones) is 1. The van der Waals surface area contributed by atoms with Crippen LogP contribution in [0.5, 0.6) is 5.75 Å². The fourth-order valence-corrected chi connectivity index (χ4v) is 5.81. The topological polar surface area (TPSA) is 90.6 Å². The average Bonchev–Trinajstić information content (AvgIpc) is 3.27. The molecular weight excluding hydrogens is 536 g/mol. The molecule has 0 amide bonds. The second-order valence-corrected chi connectivity index (χ2v) is 10.3. The fourth-order valence-electron chi connectivity index (χ4n) is 5.41. The number of esters is 1. The van der Waals surface area contributed by atoms with Crippen LogP contribution >= 0.6 is 15.9 Å². The van der Waals surface area contributed by atoms with Crippen molar-refractivity contribution in [2.45, 2.75) is 52.0 Å². The zero-order valence-corrected chi connectivity index (χ0v) is 22.1. The van der Waals surface area contributed by atoms with Crippen molar-refractivity contribution in [3.63, 3.8) is 0 Å².